The average molecular weight is 443 g/mol. The molecule has 0 fully saturated rings. The Labute approximate surface area is 167 Å². The second-order valence-electron chi connectivity index (χ2n) is 6.62. The van der Waals surface area contributed by atoms with E-state index in [9.17, 15) is 31.4 Å². The Kier molecular flexibility index (Phi) is 5.19. The molecule has 156 valence electrons. The zero-order valence-electron chi connectivity index (χ0n) is 15.1. The number of nitrogens with zero attached hydrogens (tertiary/aromatic N) is 1. The molecule has 2 aromatic carbocycles. The van der Waals surface area contributed by atoms with E-state index >= 15 is 0 Å². The van der Waals surface area contributed by atoms with Crippen LogP contribution in [0.15, 0.2) is 42.4 Å². The number of anilines is 1. The maximum Gasteiger partial charge on any atom is 0.330 e. The molecule has 12 heteroatoms. The van der Waals surface area contributed by atoms with Gasteiger partial charge in [0.1, 0.15) is 11.4 Å². The van der Waals surface area contributed by atoms with E-state index in [4.69, 9.17) is 5.14 Å². The molecule has 0 atom stereocenters. The van der Waals surface area contributed by atoms with Gasteiger partial charge in [0.2, 0.25) is 15.9 Å². The lowest BCUT2D eigenvalue weighted by molar-refractivity contribution is 0.392. The van der Waals surface area contributed by atoms with Gasteiger partial charge in [-0.2, -0.15) is 8.42 Å². The zero-order chi connectivity index (χ0) is 21.6. The van der Waals surface area contributed by atoms with Crippen molar-refractivity contribution in [1.29, 1.82) is 0 Å². The van der Waals surface area contributed by atoms with Crippen LogP contribution >= 0.6 is 0 Å². The van der Waals surface area contributed by atoms with Gasteiger partial charge in [0.15, 0.2) is 5.82 Å². The minimum Gasteiger partial charge on any atom is -0.506 e. The fraction of sp³-hybridized carbons (Fsp3) is 0.176. The van der Waals surface area contributed by atoms with E-state index in [1.165, 1.54) is 6.07 Å². The molecule has 0 spiro atoms. The first-order valence-corrected chi connectivity index (χ1v) is 11.3. The number of sulfonamides is 1. The molecule has 29 heavy (non-hydrogen) atoms. The molecule has 0 saturated heterocycles. The summed E-state index contributed by atoms with van der Waals surface area (Å²) in [6, 6.07) is 7.24. The lowest BCUT2D eigenvalue weighted by Crippen LogP contribution is -2.30. The molecule has 1 heterocycles. The maximum atomic E-state index is 14.7. The summed E-state index contributed by atoms with van der Waals surface area (Å²) in [7, 11) is -8.07. The lowest BCUT2D eigenvalue weighted by atomic mass is 9.98. The first-order chi connectivity index (χ1) is 13.4. The maximum absolute atomic E-state index is 14.7. The number of phenolic OH excluding ortho intramolecular Hbond substituents is 1. The van der Waals surface area contributed by atoms with E-state index < -0.39 is 49.1 Å². The van der Waals surface area contributed by atoms with Gasteiger partial charge in [0, 0.05) is 0 Å². The van der Waals surface area contributed by atoms with E-state index in [0.717, 1.165) is 17.8 Å². The number of hydrogen-bond donors (Lipinski definition) is 4. The molecule has 0 saturated carbocycles. The third-order valence-corrected chi connectivity index (χ3v) is 6.15. The SMILES string of the molecule is Cc1ccc(CS(N)(=O)=O)c(Cc2cc(O)c(N3C=C(O)NS3(=O)=O)c(F)c2)c1. The number of phenols is 1. The van der Waals surface area contributed by atoms with Gasteiger partial charge < -0.3 is 10.2 Å². The van der Waals surface area contributed by atoms with Gasteiger partial charge in [-0.3, -0.25) is 0 Å². The number of aliphatic hydroxyl groups is 1. The Hall–Kier alpha value is -2.83. The molecule has 0 aliphatic carbocycles. The molecule has 0 radical (unpaired) electrons. The Bertz CT molecular complexity index is 1200. The minimum atomic E-state index is -4.28. The smallest absolute Gasteiger partial charge is 0.330 e. The van der Waals surface area contributed by atoms with Crippen molar-refractivity contribution in [1.82, 2.24) is 4.72 Å². The minimum absolute atomic E-state index is 0.0728. The highest BCUT2D eigenvalue weighted by molar-refractivity contribution is 7.91. The molecule has 0 amide bonds. The average Bonchev–Trinajstić information content (AvgIpc) is 2.81. The van der Waals surface area contributed by atoms with E-state index in [1.807, 2.05) is 0 Å². The Morgan fingerprint density at radius 1 is 1.17 bits per heavy atom. The van der Waals surface area contributed by atoms with Crippen LogP contribution in [0.2, 0.25) is 0 Å². The number of rotatable bonds is 5. The number of benzene rings is 2. The lowest BCUT2D eigenvalue weighted by Gasteiger charge is -2.17. The van der Waals surface area contributed by atoms with Crippen LogP contribution in [0.5, 0.6) is 5.75 Å². The van der Waals surface area contributed by atoms with E-state index in [2.05, 4.69) is 0 Å². The molecule has 5 N–H and O–H groups in total. The third kappa shape index (κ3) is 4.60. The number of hydrogen-bond acceptors (Lipinski definition) is 6. The van der Waals surface area contributed by atoms with Gasteiger partial charge in [-0.25, -0.2) is 27.0 Å². The summed E-state index contributed by atoms with van der Waals surface area (Å²) >= 11 is 0. The molecule has 3 rings (SSSR count). The molecular formula is C17H18FN3O6S2. The number of halogens is 1. The number of nitrogens with two attached hydrogens (primary N) is 1. The van der Waals surface area contributed by atoms with Crippen molar-refractivity contribution in [2.75, 3.05) is 4.31 Å². The van der Waals surface area contributed by atoms with Gasteiger partial charge >= 0.3 is 10.2 Å². The zero-order valence-corrected chi connectivity index (χ0v) is 16.8. The van der Waals surface area contributed by atoms with Gasteiger partial charge in [0.05, 0.1) is 12.0 Å². The topological polar surface area (TPSA) is 150 Å². The van der Waals surface area contributed by atoms with Gasteiger partial charge in [-0.1, -0.05) is 23.8 Å². The summed E-state index contributed by atoms with van der Waals surface area (Å²) in [6.45, 7) is 1.80. The van der Waals surface area contributed by atoms with Crippen molar-refractivity contribution >= 4 is 25.9 Å². The Morgan fingerprint density at radius 2 is 1.86 bits per heavy atom. The summed E-state index contributed by atoms with van der Waals surface area (Å²) in [5.41, 5.74) is 1.47. The Morgan fingerprint density at radius 3 is 2.41 bits per heavy atom. The van der Waals surface area contributed by atoms with Crippen molar-refractivity contribution < 1.29 is 31.4 Å². The molecule has 2 aromatic rings. The molecular weight excluding hydrogens is 425 g/mol. The normalized spacial score (nSPS) is 15.8. The second-order valence-corrected chi connectivity index (χ2v) is 9.78. The van der Waals surface area contributed by atoms with Crippen molar-refractivity contribution in [2.24, 2.45) is 5.14 Å². The summed E-state index contributed by atoms with van der Waals surface area (Å²) < 4.78 is 63.6. The highest BCUT2D eigenvalue weighted by atomic mass is 32.2. The predicted octanol–water partition coefficient (Wildman–Crippen LogP) is 1.23. The summed E-state index contributed by atoms with van der Waals surface area (Å²) in [5, 5.41) is 24.7. The quantitative estimate of drug-likeness (QED) is 0.546. The van der Waals surface area contributed by atoms with Crippen molar-refractivity contribution in [3.8, 4) is 5.75 Å². The van der Waals surface area contributed by atoms with Crippen molar-refractivity contribution in [3.63, 3.8) is 0 Å². The van der Waals surface area contributed by atoms with Crippen LogP contribution in [0.4, 0.5) is 10.1 Å². The number of primary sulfonamides is 1. The predicted molar refractivity (Wildman–Crippen MR) is 104 cm³/mol. The van der Waals surface area contributed by atoms with Gasteiger partial charge in [-0.05, 0) is 42.2 Å². The highest BCUT2D eigenvalue weighted by Gasteiger charge is 2.33. The number of aromatic hydroxyl groups is 1. The van der Waals surface area contributed by atoms with Crippen LogP contribution in [0.3, 0.4) is 0 Å². The van der Waals surface area contributed by atoms with Gasteiger partial charge in [-0.15, -0.1) is 0 Å². The fourth-order valence-electron chi connectivity index (χ4n) is 3.03. The molecule has 0 aromatic heterocycles. The van der Waals surface area contributed by atoms with E-state index in [1.54, 1.807) is 29.8 Å². The van der Waals surface area contributed by atoms with Crippen LogP contribution in [-0.2, 0) is 32.4 Å². The van der Waals surface area contributed by atoms with Crippen LogP contribution in [-0.4, -0.2) is 27.0 Å². The molecule has 0 unspecified atom stereocenters. The molecule has 1 aliphatic heterocycles. The fourth-order valence-corrected chi connectivity index (χ4v) is 4.82. The molecule has 9 nitrogen and oxygen atoms in total. The largest absolute Gasteiger partial charge is 0.506 e. The number of nitrogens with one attached hydrogen (secondary N) is 1. The van der Waals surface area contributed by atoms with Gasteiger partial charge in [0.25, 0.3) is 0 Å². The van der Waals surface area contributed by atoms with Crippen LogP contribution < -0.4 is 14.2 Å². The summed E-state index contributed by atoms with van der Waals surface area (Å²) in [4.78, 5) is 0. The van der Waals surface area contributed by atoms with Crippen LogP contribution in [0, 0.1) is 12.7 Å². The molecule has 0 bridgehead atoms. The first-order valence-electron chi connectivity index (χ1n) is 8.19. The monoisotopic (exact) mass is 443 g/mol. The number of aryl methyl sites for hydroxylation is 1. The first kappa shape index (κ1) is 20.9. The highest BCUT2D eigenvalue weighted by Crippen LogP contribution is 2.36. The second kappa shape index (κ2) is 7.21. The third-order valence-electron chi connectivity index (χ3n) is 4.17. The summed E-state index contributed by atoms with van der Waals surface area (Å²) in [6.07, 6.45) is 0.793. The standard InChI is InChI=1S/C17H18FN3O6S2/c1-10-2-3-12(9-28(19,24)25)13(4-10)5-11-6-14(18)17(15(22)7-11)21-8-16(23)20-29(21,26)27/h2-4,6-8,20,22-23H,5,9H2,1H3,(H2,19,24,25). The summed E-state index contributed by atoms with van der Waals surface area (Å²) in [5.74, 6) is -2.84. The van der Waals surface area contributed by atoms with Crippen LogP contribution in [0.1, 0.15) is 22.3 Å². The van der Waals surface area contributed by atoms with E-state index in [0.29, 0.717) is 15.4 Å². The number of aliphatic hydroxyl groups excluding tert-OH is 1. The van der Waals surface area contributed by atoms with Crippen LogP contribution in [0.25, 0.3) is 0 Å². The van der Waals surface area contributed by atoms with Crippen molar-refractivity contribution in [3.05, 3.63) is 70.5 Å². The van der Waals surface area contributed by atoms with Crippen molar-refractivity contribution in [2.45, 2.75) is 19.1 Å². The Balaban J connectivity index is 2.00. The van der Waals surface area contributed by atoms with E-state index in [-0.39, 0.29) is 12.0 Å². The molecule has 1 aliphatic rings.